The summed E-state index contributed by atoms with van der Waals surface area (Å²) in [5.41, 5.74) is 0.495. The molecule has 1 saturated heterocycles. The Kier molecular flexibility index (Phi) is 22.9. The van der Waals surface area contributed by atoms with Crippen LogP contribution in [-0.2, 0) is 52.7 Å². The molecule has 24 heteroatoms. The molecule has 1 aliphatic rings. The van der Waals surface area contributed by atoms with E-state index in [0.29, 0.717) is 12.1 Å². The van der Waals surface area contributed by atoms with Crippen LogP contribution in [-0.4, -0.2) is 147 Å². The molecule has 0 aromatic heterocycles. The van der Waals surface area contributed by atoms with Crippen molar-refractivity contribution in [3.63, 3.8) is 0 Å². The number of hydrogen-bond donors (Lipinski definition) is 11. The summed E-state index contributed by atoms with van der Waals surface area (Å²) in [5, 5.41) is 47.1. The van der Waals surface area contributed by atoms with Crippen LogP contribution in [0, 0.1) is 17.8 Å². The second-order valence-electron chi connectivity index (χ2n) is 16.7. The zero-order chi connectivity index (χ0) is 50.5. The van der Waals surface area contributed by atoms with Gasteiger partial charge in [-0.2, -0.15) is 0 Å². The number of ketones is 1. The molecule has 1 aromatic carbocycles. The van der Waals surface area contributed by atoms with E-state index in [1.165, 1.54) is 4.90 Å². The maximum atomic E-state index is 14.6. The van der Waals surface area contributed by atoms with E-state index in [-0.39, 0.29) is 32.4 Å². The van der Waals surface area contributed by atoms with Crippen LogP contribution >= 0.6 is 0 Å². The van der Waals surface area contributed by atoms with Crippen LogP contribution < -0.4 is 42.5 Å². The summed E-state index contributed by atoms with van der Waals surface area (Å²) in [5.74, 6) is -13.4. The number of carboxylic acids is 3. The lowest BCUT2D eigenvalue weighted by atomic mass is 9.98. The lowest BCUT2D eigenvalue weighted by Gasteiger charge is -2.33. The van der Waals surface area contributed by atoms with Crippen molar-refractivity contribution in [2.45, 2.75) is 123 Å². The highest BCUT2D eigenvalue weighted by Crippen LogP contribution is 2.26. The van der Waals surface area contributed by atoms with Gasteiger partial charge in [0.2, 0.25) is 41.2 Å². The number of para-hydroxylation sites is 1. The van der Waals surface area contributed by atoms with Gasteiger partial charge < -0.3 is 62.8 Å². The molecule has 370 valence electrons. The third-order valence-corrected chi connectivity index (χ3v) is 10.5. The fourth-order valence-corrected chi connectivity index (χ4v) is 7.04. The Morgan fingerprint density at radius 3 is 1.73 bits per heavy atom. The minimum Gasteiger partial charge on any atom is -0.481 e. The number of likely N-dealkylation sites (tertiary alicyclic amines) is 1. The second-order valence-corrected chi connectivity index (χ2v) is 16.7. The number of aliphatic carboxylic acids is 3. The molecule has 67 heavy (non-hydrogen) atoms. The Bertz CT molecular complexity index is 1980. The molecule has 24 nitrogen and oxygen atoms in total. The van der Waals surface area contributed by atoms with Crippen LogP contribution in [0.5, 0.6) is 0 Å². The van der Waals surface area contributed by atoms with Gasteiger partial charge in [-0.1, -0.05) is 59.2 Å². The van der Waals surface area contributed by atoms with Crippen molar-refractivity contribution in [3.05, 3.63) is 30.3 Å². The Morgan fingerprint density at radius 2 is 1.21 bits per heavy atom. The van der Waals surface area contributed by atoms with E-state index in [1.807, 2.05) is 5.32 Å². The van der Waals surface area contributed by atoms with Gasteiger partial charge in [-0.15, -0.1) is 0 Å². The number of rotatable bonds is 27. The van der Waals surface area contributed by atoms with Gasteiger partial charge in [0.15, 0.2) is 0 Å². The van der Waals surface area contributed by atoms with Gasteiger partial charge in [-0.05, 0) is 55.6 Å². The van der Waals surface area contributed by atoms with Crippen LogP contribution in [0.1, 0.15) is 86.5 Å². The van der Waals surface area contributed by atoms with Crippen LogP contribution in [0.4, 0.5) is 10.5 Å². The maximum absolute atomic E-state index is 14.6. The summed E-state index contributed by atoms with van der Waals surface area (Å²) < 4.78 is 0. The van der Waals surface area contributed by atoms with Crippen molar-refractivity contribution in [1.29, 1.82) is 0 Å². The topological polar surface area (TPSA) is 365 Å². The number of carbonyl (C=O) groups excluding carboxylic acids is 9. The second kappa shape index (κ2) is 27.4. The smallest absolute Gasteiger partial charge is 0.322 e. The summed E-state index contributed by atoms with van der Waals surface area (Å²) in [6.45, 7) is 8.06. The summed E-state index contributed by atoms with van der Waals surface area (Å²) in [4.78, 5) is 155. The average molecular weight is 946 g/mol. The van der Waals surface area contributed by atoms with Gasteiger partial charge in [0.05, 0.1) is 6.04 Å². The lowest BCUT2D eigenvalue weighted by Crippen LogP contribution is -2.61. The van der Waals surface area contributed by atoms with Gasteiger partial charge >= 0.3 is 23.9 Å². The highest BCUT2D eigenvalue weighted by atomic mass is 16.4. The molecular weight excluding hydrogens is 883 g/mol. The Labute approximate surface area is 386 Å². The molecule has 0 unspecified atom stereocenters. The molecular formula is C43H63N9O15. The molecule has 11 N–H and O–H groups in total. The lowest BCUT2D eigenvalue weighted by molar-refractivity contribution is -0.145. The average Bonchev–Trinajstić information content (AvgIpc) is 3.69. The molecule has 9 amide bonds. The molecule has 1 fully saturated rings. The standard InChI is InChI=1S/C43H63N9O15/c1-7-11-27(36(60)41(65)44-20-33(58)59)48-39(63)30-18-25(19-45-43(67)47-26-12-9-8-10-13-26)21-52(30)42(66)35(23(4)5)51-40(64)34(22(2)3)50-38(62)29(15-17-32(56)57)49-37(61)28(46-24(6)53)14-16-31(54)55/h8-10,12-13,22-23,25,27-30,34-35H,7,11,14-21H2,1-6H3,(H,44,65)(H,46,53)(H,48,63)(H,49,61)(H,50,62)(H,51,64)(H,54,55)(H,56,57)(H,58,59)(H2,45,47,67)/t25-,27-,28-,29-,30-,34-,35-/m0/s1. The molecule has 1 aliphatic heterocycles. The number of urea groups is 1. The predicted molar refractivity (Wildman–Crippen MR) is 236 cm³/mol. The Balaban J connectivity index is 2.42. The van der Waals surface area contributed by atoms with Crippen LogP contribution in [0.15, 0.2) is 30.3 Å². The molecule has 0 aliphatic carbocycles. The first-order valence-electron chi connectivity index (χ1n) is 21.8. The largest absolute Gasteiger partial charge is 0.481 e. The monoisotopic (exact) mass is 945 g/mol. The summed E-state index contributed by atoms with van der Waals surface area (Å²) in [6, 6.07) is -0.541. The zero-order valence-electron chi connectivity index (χ0n) is 38.3. The first kappa shape index (κ1) is 56.0. The van der Waals surface area contributed by atoms with Crippen LogP contribution in [0.3, 0.4) is 0 Å². The van der Waals surface area contributed by atoms with E-state index in [0.717, 1.165) is 6.92 Å². The number of nitrogens with zero attached hydrogens (tertiary/aromatic N) is 1. The number of nitrogens with one attached hydrogen (secondary N) is 8. The Morgan fingerprint density at radius 1 is 0.657 bits per heavy atom. The molecule has 1 heterocycles. The number of carbonyl (C=O) groups is 12. The van der Waals surface area contributed by atoms with Crippen molar-refractivity contribution >= 4 is 76.8 Å². The van der Waals surface area contributed by atoms with E-state index in [9.17, 15) is 62.6 Å². The zero-order valence-corrected chi connectivity index (χ0v) is 38.3. The molecule has 2 rings (SSSR count). The van der Waals surface area contributed by atoms with E-state index < -0.39 is 151 Å². The minimum atomic E-state index is -1.59. The van der Waals surface area contributed by atoms with Crippen molar-refractivity contribution in [3.8, 4) is 0 Å². The first-order valence-corrected chi connectivity index (χ1v) is 21.8. The number of hydrogen-bond acceptors (Lipinski definition) is 12. The van der Waals surface area contributed by atoms with Gasteiger partial charge in [-0.3, -0.25) is 52.7 Å². The highest BCUT2D eigenvalue weighted by Gasteiger charge is 2.44. The maximum Gasteiger partial charge on any atom is 0.322 e. The molecule has 7 atom stereocenters. The fraction of sp³-hybridized carbons (Fsp3) is 0.581. The van der Waals surface area contributed by atoms with Crippen molar-refractivity contribution in [2.75, 3.05) is 25.0 Å². The number of anilines is 1. The molecule has 0 bridgehead atoms. The number of benzene rings is 1. The quantitative estimate of drug-likeness (QED) is 0.0475. The van der Waals surface area contributed by atoms with E-state index in [4.69, 9.17) is 10.2 Å². The fourth-order valence-electron chi connectivity index (χ4n) is 7.04. The number of carboxylic acid groups (broad SMARTS) is 3. The van der Waals surface area contributed by atoms with Gasteiger partial charge in [0, 0.05) is 38.5 Å². The van der Waals surface area contributed by atoms with Gasteiger partial charge in [-0.25, -0.2) is 4.79 Å². The number of Topliss-reactive ketones (excluding diaryl/α,β-unsaturated/α-hetero) is 1. The highest BCUT2D eigenvalue weighted by molar-refractivity contribution is 6.38. The third-order valence-electron chi connectivity index (χ3n) is 10.5. The molecule has 0 radical (unpaired) electrons. The summed E-state index contributed by atoms with van der Waals surface area (Å²) >= 11 is 0. The van der Waals surface area contributed by atoms with Gasteiger partial charge in [0.1, 0.15) is 36.8 Å². The van der Waals surface area contributed by atoms with Crippen molar-refractivity contribution in [2.24, 2.45) is 17.8 Å². The normalized spacial score (nSPS) is 16.5. The van der Waals surface area contributed by atoms with E-state index in [1.54, 1.807) is 65.0 Å². The number of amides is 9. The van der Waals surface area contributed by atoms with E-state index in [2.05, 4.69) is 37.2 Å². The van der Waals surface area contributed by atoms with Crippen molar-refractivity contribution < 1.29 is 72.9 Å². The van der Waals surface area contributed by atoms with Crippen LogP contribution in [0.2, 0.25) is 0 Å². The third kappa shape index (κ3) is 19.1. The molecule has 1 aromatic rings. The van der Waals surface area contributed by atoms with Crippen LogP contribution in [0.25, 0.3) is 0 Å². The predicted octanol–water partition coefficient (Wildman–Crippen LogP) is -0.919. The van der Waals surface area contributed by atoms with Crippen molar-refractivity contribution in [1.82, 2.24) is 42.1 Å². The van der Waals surface area contributed by atoms with E-state index >= 15 is 0 Å². The molecule has 0 saturated carbocycles. The minimum absolute atomic E-state index is 0.0230. The summed E-state index contributed by atoms with van der Waals surface area (Å²) in [7, 11) is 0. The first-order chi connectivity index (χ1) is 31.4. The van der Waals surface area contributed by atoms with Gasteiger partial charge in [0.25, 0.3) is 5.91 Å². The SMILES string of the molecule is CCC[C@H](NC(=O)[C@@H]1C[C@@H](CNC(=O)Nc2ccccc2)CN1C(=O)[C@@H](NC(=O)[C@@H](NC(=O)[C@H](CCC(=O)O)NC(=O)[C@H](CCC(=O)O)NC(C)=O)C(C)C)C(C)C)C(=O)C(=O)NCC(=O)O. The summed E-state index contributed by atoms with van der Waals surface area (Å²) in [6.07, 6.45) is -1.75. The molecule has 0 spiro atoms. The Hall–Kier alpha value is -7.14.